The van der Waals surface area contributed by atoms with Crippen LogP contribution in [0.3, 0.4) is 0 Å². The second kappa shape index (κ2) is 7.85. The lowest BCUT2D eigenvalue weighted by atomic mass is 9.49. The minimum Gasteiger partial charge on any atom is -0.388 e. The van der Waals surface area contributed by atoms with Gasteiger partial charge in [0.2, 0.25) is 0 Å². The molecule has 1 aromatic heterocycles. The number of hydrogen-bond acceptors (Lipinski definition) is 6. The molecule has 5 aliphatic rings. The zero-order valence-corrected chi connectivity index (χ0v) is 21.7. The van der Waals surface area contributed by atoms with Gasteiger partial charge in [-0.25, -0.2) is 0 Å². The van der Waals surface area contributed by atoms with E-state index in [0.29, 0.717) is 12.8 Å². The summed E-state index contributed by atoms with van der Waals surface area (Å²) in [5.41, 5.74) is 2.12. The average molecular weight is 488 g/mol. The van der Waals surface area contributed by atoms with Crippen LogP contribution in [0, 0.1) is 35.0 Å². The summed E-state index contributed by atoms with van der Waals surface area (Å²) < 4.78 is 7.23. The Labute approximate surface area is 214 Å². The molecule has 36 heavy (non-hydrogen) atoms. The Morgan fingerprint density at radius 3 is 2.72 bits per heavy atom. The number of hydrogen-bond donors (Lipinski definition) is 2. The maximum absolute atomic E-state index is 11.2. The van der Waals surface area contributed by atoms with E-state index in [1.807, 2.05) is 38.2 Å². The summed E-state index contributed by atoms with van der Waals surface area (Å²) in [6.45, 7) is 4.38. The van der Waals surface area contributed by atoms with E-state index in [2.05, 4.69) is 48.3 Å². The highest BCUT2D eigenvalue weighted by atomic mass is 16.5. The topological polar surface area (TPSA) is 89.6 Å². The third-order valence-corrected chi connectivity index (χ3v) is 10.5. The Balaban J connectivity index is 1.40. The quantitative estimate of drug-likeness (QED) is 0.628. The van der Waals surface area contributed by atoms with Crippen LogP contribution in [0.25, 0.3) is 6.08 Å². The van der Waals surface area contributed by atoms with E-state index >= 15 is 0 Å². The fourth-order valence-electron chi connectivity index (χ4n) is 8.39. The molecule has 0 aromatic carbocycles. The van der Waals surface area contributed by atoms with Gasteiger partial charge in [-0.05, 0) is 87.7 Å². The van der Waals surface area contributed by atoms with Crippen LogP contribution in [0.5, 0.6) is 0 Å². The lowest BCUT2D eigenvalue weighted by Gasteiger charge is -2.61. The van der Waals surface area contributed by atoms with Crippen molar-refractivity contribution in [3.8, 4) is 6.07 Å². The molecule has 2 saturated carbocycles. The molecule has 0 amide bonds. The Morgan fingerprint density at radius 1 is 1.19 bits per heavy atom. The SMILES string of the molecule is Cc1ncccc1/C=C/C1=CCC2[C@@]34CC[C@]5(C[C@H](N(C)C)[C@@H](O)[C@H](O)C5=CC3(C#N)CC[C@]12C)O4. The van der Waals surface area contributed by atoms with Gasteiger partial charge >= 0.3 is 0 Å². The first-order chi connectivity index (χ1) is 17.1. The molecular weight excluding hydrogens is 450 g/mol. The number of aryl methyl sites for hydroxylation is 1. The molecule has 190 valence electrons. The molecule has 8 atom stereocenters. The summed E-state index contributed by atoms with van der Waals surface area (Å²) in [5.74, 6) is 0.187. The van der Waals surface area contributed by atoms with Gasteiger partial charge in [0.25, 0.3) is 0 Å². The van der Waals surface area contributed by atoms with Gasteiger partial charge in [0.1, 0.15) is 11.5 Å². The van der Waals surface area contributed by atoms with Crippen molar-refractivity contribution in [3.63, 3.8) is 0 Å². The second-order valence-electron chi connectivity index (χ2n) is 12.2. The van der Waals surface area contributed by atoms with Gasteiger partial charge in [0.05, 0.1) is 23.4 Å². The van der Waals surface area contributed by atoms with E-state index in [0.717, 1.165) is 42.5 Å². The zero-order valence-electron chi connectivity index (χ0n) is 21.7. The minimum atomic E-state index is -1.01. The molecule has 1 saturated heterocycles. The number of aromatic nitrogens is 1. The largest absolute Gasteiger partial charge is 0.388 e. The van der Waals surface area contributed by atoms with Crippen molar-refractivity contribution in [2.75, 3.05) is 14.1 Å². The number of allylic oxidation sites excluding steroid dienone is 3. The highest BCUT2D eigenvalue weighted by Crippen LogP contribution is 2.72. The smallest absolute Gasteiger partial charge is 0.105 e. The van der Waals surface area contributed by atoms with Gasteiger partial charge in [-0.1, -0.05) is 37.3 Å². The number of pyridine rings is 1. The summed E-state index contributed by atoms with van der Waals surface area (Å²) in [6, 6.07) is 6.56. The van der Waals surface area contributed by atoms with Crippen LogP contribution in [0.2, 0.25) is 0 Å². The van der Waals surface area contributed by atoms with Crippen molar-refractivity contribution in [3.05, 3.63) is 59.0 Å². The maximum Gasteiger partial charge on any atom is 0.105 e. The van der Waals surface area contributed by atoms with Gasteiger partial charge < -0.3 is 19.8 Å². The Morgan fingerprint density at radius 2 is 2.00 bits per heavy atom. The number of nitrogens with zero attached hydrogens (tertiary/aromatic N) is 3. The Bertz CT molecular complexity index is 1230. The van der Waals surface area contributed by atoms with Crippen molar-refractivity contribution in [1.29, 1.82) is 5.26 Å². The summed E-state index contributed by atoms with van der Waals surface area (Å²) in [7, 11) is 3.89. The highest BCUT2D eigenvalue weighted by molar-refractivity contribution is 5.57. The first-order valence-electron chi connectivity index (χ1n) is 13.3. The number of rotatable bonds is 3. The zero-order chi connectivity index (χ0) is 25.5. The molecule has 2 bridgehead atoms. The minimum absolute atomic E-state index is 0.0857. The van der Waals surface area contributed by atoms with Crippen LogP contribution in [0.4, 0.5) is 0 Å². The molecule has 3 aliphatic carbocycles. The van der Waals surface area contributed by atoms with Crippen LogP contribution in [0.15, 0.2) is 47.7 Å². The molecule has 6 heteroatoms. The summed E-state index contributed by atoms with van der Waals surface area (Å²) in [5, 5.41) is 32.8. The average Bonchev–Trinajstić information content (AvgIpc) is 3.37. The molecule has 6 rings (SSSR count). The first-order valence-corrected chi connectivity index (χ1v) is 13.3. The predicted octanol–water partition coefficient (Wildman–Crippen LogP) is 3.94. The molecule has 2 unspecified atom stereocenters. The van der Waals surface area contributed by atoms with Gasteiger partial charge in [-0.2, -0.15) is 5.26 Å². The Kier molecular flexibility index (Phi) is 5.25. The fourth-order valence-corrected chi connectivity index (χ4v) is 8.39. The molecule has 3 heterocycles. The Hall–Kier alpha value is -2.30. The molecule has 2 spiro atoms. The van der Waals surface area contributed by atoms with Crippen LogP contribution >= 0.6 is 0 Å². The lowest BCUT2D eigenvalue weighted by molar-refractivity contribution is -0.224. The number of aliphatic hydroxyl groups is 2. The van der Waals surface area contributed by atoms with Crippen LogP contribution in [0.1, 0.15) is 56.7 Å². The molecular formula is C30H37N3O3. The first kappa shape index (κ1) is 24.1. The van der Waals surface area contributed by atoms with Crippen molar-refractivity contribution in [1.82, 2.24) is 9.88 Å². The van der Waals surface area contributed by atoms with E-state index in [4.69, 9.17) is 4.74 Å². The summed E-state index contributed by atoms with van der Waals surface area (Å²) in [4.78, 5) is 6.41. The number of fused-ring (bicyclic) bond motifs is 1. The van der Waals surface area contributed by atoms with E-state index in [1.165, 1.54) is 5.57 Å². The second-order valence-corrected chi connectivity index (χ2v) is 12.2. The third-order valence-electron chi connectivity index (χ3n) is 10.5. The third kappa shape index (κ3) is 2.95. The van der Waals surface area contributed by atoms with Gasteiger partial charge in [0, 0.05) is 23.9 Å². The standard InChI is InChI=1S/C30H37N3O3/c1-19-20(6-5-15-32-19)7-8-21-9-10-24-27(21,2)11-12-28(18-31)16-22-25(34)26(35)23(33(3)4)17-29(22)13-14-30(24,28)36-29/h5-9,15-16,23-26,34-35H,10-14,17H2,1-4H3/b8-7+/t23-,24?,25+,26+,27+,28?,29+,30-/m0/s1. The molecule has 3 fully saturated rings. The lowest BCUT2D eigenvalue weighted by Crippen LogP contribution is -2.66. The number of likely N-dealkylation sites (N-methyl/N-ethyl adjacent to an activating group) is 1. The molecule has 0 radical (unpaired) electrons. The predicted molar refractivity (Wildman–Crippen MR) is 138 cm³/mol. The molecule has 2 aliphatic heterocycles. The molecule has 6 nitrogen and oxygen atoms in total. The normalized spacial score (nSPS) is 45.1. The highest BCUT2D eigenvalue weighted by Gasteiger charge is 2.74. The number of aliphatic hydroxyl groups excluding tert-OH is 2. The molecule has 2 N–H and O–H groups in total. The van der Waals surface area contributed by atoms with Gasteiger partial charge in [-0.15, -0.1) is 0 Å². The van der Waals surface area contributed by atoms with Crippen molar-refractivity contribution < 1.29 is 14.9 Å². The van der Waals surface area contributed by atoms with Crippen molar-refractivity contribution in [2.45, 2.75) is 81.8 Å². The van der Waals surface area contributed by atoms with Crippen molar-refractivity contribution in [2.24, 2.45) is 16.7 Å². The maximum atomic E-state index is 11.2. The van der Waals surface area contributed by atoms with E-state index in [1.54, 1.807) is 0 Å². The number of nitriles is 1. The van der Waals surface area contributed by atoms with Crippen molar-refractivity contribution >= 4 is 6.08 Å². The van der Waals surface area contributed by atoms with E-state index in [9.17, 15) is 15.5 Å². The van der Waals surface area contributed by atoms with Gasteiger partial charge in [0.15, 0.2) is 0 Å². The van der Waals surface area contributed by atoms with E-state index < -0.39 is 28.8 Å². The molecule has 1 aromatic rings. The van der Waals surface area contributed by atoms with Crippen LogP contribution in [-0.2, 0) is 4.74 Å². The van der Waals surface area contributed by atoms with Gasteiger partial charge in [-0.3, -0.25) is 4.98 Å². The fraction of sp³-hybridized carbons (Fsp3) is 0.600. The number of ether oxygens (including phenoxy) is 1. The van der Waals surface area contributed by atoms with Crippen LogP contribution in [-0.4, -0.2) is 63.6 Å². The summed E-state index contributed by atoms with van der Waals surface area (Å²) >= 11 is 0. The van der Waals surface area contributed by atoms with Crippen LogP contribution < -0.4 is 0 Å². The van der Waals surface area contributed by atoms with E-state index in [-0.39, 0.29) is 17.4 Å². The summed E-state index contributed by atoms with van der Waals surface area (Å²) in [6.07, 6.45) is 13.4. The monoisotopic (exact) mass is 487 g/mol.